The van der Waals surface area contributed by atoms with E-state index in [4.69, 9.17) is 0 Å². The first-order chi connectivity index (χ1) is 12.0. The van der Waals surface area contributed by atoms with Crippen molar-refractivity contribution in [3.8, 4) is 22.6 Å². The normalized spacial score (nSPS) is 11.2. The molecule has 0 bridgehead atoms. The first-order valence-corrected chi connectivity index (χ1v) is 8.26. The highest BCUT2D eigenvalue weighted by atomic mass is 32.1. The third-order valence-electron chi connectivity index (χ3n) is 3.84. The first-order valence-electron chi connectivity index (χ1n) is 7.44. The summed E-state index contributed by atoms with van der Waals surface area (Å²) >= 11 is 1.38. The smallest absolute Gasteiger partial charge is 0.260 e. The van der Waals surface area contributed by atoms with Gasteiger partial charge in [-0.15, -0.1) is 11.3 Å². The molecule has 25 heavy (non-hydrogen) atoms. The number of H-pyrrole nitrogens is 1. The van der Waals surface area contributed by atoms with Gasteiger partial charge in [0.1, 0.15) is 22.2 Å². The Bertz CT molecular complexity index is 1130. The number of nitrogens with zero attached hydrogens (tertiary/aromatic N) is 2. The highest BCUT2D eigenvalue weighted by molar-refractivity contribution is 7.19. The van der Waals surface area contributed by atoms with Gasteiger partial charge in [0.05, 0.1) is 11.6 Å². The lowest BCUT2D eigenvalue weighted by molar-refractivity contribution is 0.621. The number of benzene rings is 1. The van der Waals surface area contributed by atoms with E-state index in [1.165, 1.54) is 35.6 Å². The number of halogens is 2. The Labute approximate surface area is 144 Å². The van der Waals surface area contributed by atoms with E-state index in [0.717, 1.165) is 22.2 Å². The van der Waals surface area contributed by atoms with Crippen molar-refractivity contribution < 1.29 is 8.78 Å². The number of pyridine rings is 1. The average molecular weight is 355 g/mol. The van der Waals surface area contributed by atoms with Crippen molar-refractivity contribution in [2.24, 2.45) is 0 Å². The minimum absolute atomic E-state index is 0.282. The number of rotatable bonds is 2. The quantitative estimate of drug-likeness (QED) is 0.583. The Morgan fingerprint density at radius 2 is 1.76 bits per heavy atom. The van der Waals surface area contributed by atoms with Gasteiger partial charge in [0.15, 0.2) is 5.82 Å². The third-order valence-corrected chi connectivity index (χ3v) is 4.84. The van der Waals surface area contributed by atoms with Crippen LogP contribution in [0.3, 0.4) is 0 Å². The summed E-state index contributed by atoms with van der Waals surface area (Å²) < 4.78 is 26.2. The predicted octanol–water partition coefficient (Wildman–Crippen LogP) is 4.30. The number of aromatic nitrogens is 3. The van der Waals surface area contributed by atoms with Crippen molar-refractivity contribution in [2.45, 2.75) is 6.92 Å². The maximum absolute atomic E-state index is 13.2. The third kappa shape index (κ3) is 2.72. The number of hydrogen-bond donors (Lipinski definition) is 1. The van der Waals surface area contributed by atoms with Crippen molar-refractivity contribution in [3.63, 3.8) is 0 Å². The molecule has 0 fully saturated rings. The van der Waals surface area contributed by atoms with Crippen molar-refractivity contribution in [1.82, 2.24) is 15.0 Å². The lowest BCUT2D eigenvalue weighted by Crippen LogP contribution is -2.09. The van der Waals surface area contributed by atoms with E-state index in [1.54, 1.807) is 12.1 Å². The van der Waals surface area contributed by atoms with Crippen molar-refractivity contribution >= 4 is 21.6 Å². The molecule has 0 saturated carbocycles. The molecule has 0 unspecified atom stereocenters. The van der Waals surface area contributed by atoms with E-state index >= 15 is 0 Å². The van der Waals surface area contributed by atoms with Crippen LogP contribution >= 0.6 is 11.3 Å². The summed E-state index contributed by atoms with van der Waals surface area (Å²) in [6.45, 7) is 1.89. The minimum Gasteiger partial charge on any atom is -0.305 e. The fourth-order valence-corrected chi connectivity index (χ4v) is 3.77. The van der Waals surface area contributed by atoms with E-state index in [1.807, 2.05) is 6.92 Å². The van der Waals surface area contributed by atoms with Crippen molar-refractivity contribution in [3.05, 3.63) is 69.5 Å². The number of aromatic amines is 1. The summed E-state index contributed by atoms with van der Waals surface area (Å²) in [6, 6.07) is 8.71. The van der Waals surface area contributed by atoms with Crippen LogP contribution in [0.5, 0.6) is 0 Å². The van der Waals surface area contributed by atoms with Gasteiger partial charge in [0, 0.05) is 10.4 Å². The number of aryl methyl sites for hydroxylation is 1. The maximum Gasteiger partial charge on any atom is 0.260 e. The topological polar surface area (TPSA) is 58.6 Å². The molecule has 0 spiro atoms. The fraction of sp³-hybridized carbons (Fsp3) is 0.0556. The van der Waals surface area contributed by atoms with Crippen LogP contribution in [0.1, 0.15) is 4.88 Å². The van der Waals surface area contributed by atoms with Crippen LogP contribution < -0.4 is 5.56 Å². The van der Waals surface area contributed by atoms with Crippen LogP contribution in [-0.2, 0) is 0 Å². The van der Waals surface area contributed by atoms with E-state index in [2.05, 4.69) is 15.0 Å². The lowest BCUT2D eigenvalue weighted by Gasteiger charge is -2.03. The van der Waals surface area contributed by atoms with Gasteiger partial charge in [-0.1, -0.05) is 12.1 Å². The molecule has 4 aromatic rings. The van der Waals surface area contributed by atoms with Crippen molar-refractivity contribution in [2.75, 3.05) is 0 Å². The largest absolute Gasteiger partial charge is 0.305 e. The molecule has 0 amide bonds. The van der Waals surface area contributed by atoms with E-state index in [-0.39, 0.29) is 17.2 Å². The zero-order valence-electron chi connectivity index (χ0n) is 13.0. The molecule has 0 saturated heterocycles. The Balaban J connectivity index is 1.93. The SMILES string of the molecule is Cc1sc2nc(-c3ccc(F)cn3)[nH]c(=O)c2c1-c1ccc(F)cc1. The Kier molecular flexibility index (Phi) is 3.65. The van der Waals surface area contributed by atoms with Crippen LogP contribution in [0.25, 0.3) is 32.9 Å². The molecule has 1 N–H and O–H groups in total. The Morgan fingerprint density at radius 1 is 1.04 bits per heavy atom. The summed E-state index contributed by atoms with van der Waals surface area (Å²) in [6.07, 6.45) is 1.07. The Morgan fingerprint density at radius 3 is 2.44 bits per heavy atom. The number of thiophene rings is 1. The van der Waals surface area contributed by atoms with Gasteiger partial charge in [0.2, 0.25) is 0 Å². The van der Waals surface area contributed by atoms with Gasteiger partial charge in [-0.25, -0.2) is 18.7 Å². The standard InChI is InChI=1S/C18H11F2N3OS/c1-9-14(10-2-4-11(19)5-3-10)15-17(24)22-16(23-18(15)25-9)13-7-6-12(20)8-21-13/h2-8H,1H3,(H,22,23,24). The molecule has 0 radical (unpaired) electrons. The second kappa shape index (κ2) is 5.86. The zero-order chi connectivity index (χ0) is 17.6. The van der Waals surface area contributed by atoms with Gasteiger partial charge in [-0.2, -0.15) is 0 Å². The second-order valence-corrected chi connectivity index (χ2v) is 6.70. The molecular weight excluding hydrogens is 344 g/mol. The molecular formula is C18H11F2N3OS. The van der Waals surface area contributed by atoms with Crippen molar-refractivity contribution in [1.29, 1.82) is 0 Å². The molecule has 0 aliphatic heterocycles. The molecule has 1 aromatic carbocycles. The summed E-state index contributed by atoms with van der Waals surface area (Å²) in [5.74, 6) is -0.514. The number of fused-ring (bicyclic) bond motifs is 1. The molecule has 7 heteroatoms. The van der Waals surface area contributed by atoms with Crippen LogP contribution in [0, 0.1) is 18.6 Å². The summed E-state index contributed by atoms with van der Waals surface area (Å²) in [7, 11) is 0. The molecule has 3 aromatic heterocycles. The minimum atomic E-state index is -0.460. The summed E-state index contributed by atoms with van der Waals surface area (Å²) in [5, 5.41) is 0.458. The van der Waals surface area contributed by atoms with Gasteiger partial charge in [-0.05, 0) is 36.8 Å². The number of hydrogen-bond acceptors (Lipinski definition) is 4. The number of nitrogens with one attached hydrogen (secondary N) is 1. The van der Waals surface area contributed by atoms with Crippen LogP contribution in [0.4, 0.5) is 8.78 Å². The fourth-order valence-electron chi connectivity index (χ4n) is 2.72. The van der Waals surface area contributed by atoms with Crippen LogP contribution in [0.2, 0.25) is 0 Å². The highest BCUT2D eigenvalue weighted by Gasteiger charge is 2.17. The first kappa shape index (κ1) is 15.6. The van der Waals surface area contributed by atoms with Gasteiger partial charge >= 0.3 is 0 Å². The molecule has 0 aliphatic carbocycles. The monoisotopic (exact) mass is 355 g/mol. The summed E-state index contributed by atoms with van der Waals surface area (Å²) in [4.78, 5) is 25.2. The predicted molar refractivity (Wildman–Crippen MR) is 93.6 cm³/mol. The molecule has 4 rings (SSSR count). The molecule has 124 valence electrons. The average Bonchev–Trinajstić information content (AvgIpc) is 2.93. The van der Waals surface area contributed by atoms with Crippen LogP contribution in [-0.4, -0.2) is 15.0 Å². The molecule has 3 heterocycles. The van der Waals surface area contributed by atoms with Gasteiger partial charge < -0.3 is 4.98 Å². The highest BCUT2D eigenvalue weighted by Crippen LogP contribution is 2.36. The second-order valence-electron chi connectivity index (χ2n) is 5.50. The van der Waals surface area contributed by atoms with Crippen LogP contribution in [0.15, 0.2) is 47.4 Å². The molecule has 0 atom stereocenters. The Hall–Kier alpha value is -2.93. The van der Waals surface area contributed by atoms with Gasteiger partial charge in [-0.3, -0.25) is 4.79 Å². The van der Waals surface area contributed by atoms with E-state index < -0.39 is 5.82 Å². The maximum atomic E-state index is 13.2. The molecule has 0 aliphatic rings. The van der Waals surface area contributed by atoms with E-state index in [9.17, 15) is 13.6 Å². The lowest BCUT2D eigenvalue weighted by atomic mass is 10.0. The van der Waals surface area contributed by atoms with E-state index in [0.29, 0.717) is 15.9 Å². The van der Waals surface area contributed by atoms with Gasteiger partial charge in [0.25, 0.3) is 5.56 Å². The summed E-state index contributed by atoms with van der Waals surface area (Å²) in [5.41, 5.74) is 1.57. The molecule has 4 nitrogen and oxygen atoms in total. The zero-order valence-corrected chi connectivity index (χ0v) is 13.8.